The van der Waals surface area contributed by atoms with E-state index < -0.39 is 5.97 Å². The fourth-order valence-electron chi connectivity index (χ4n) is 0.993. The summed E-state index contributed by atoms with van der Waals surface area (Å²) in [6, 6.07) is 0. The normalized spacial score (nSPS) is 10.1. The van der Waals surface area contributed by atoms with Gasteiger partial charge in [-0.2, -0.15) is 0 Å². The number of esters is 1. The average molecular weight is 209 g/mol. The van der Waals surface area contributed by atoms with Gasteiger partial charge in [-0.25, -0.2) is 9.78 Å². The van der Waals surface area contributed by atoms with Crippen molar-refractivity contribution in [1.82, 2.24) is 15.0 Å². The summed E-state index contributed by atoms with van der Waals surface area (Å²) >= 11 is 1.45. The first kappa shape index (κ1) is 8.89. The number of aromatic nitrogens is 3. The number of imidazole rings is 1. The highest BCUT2D eigenvalue weighted by Gasteiger charge is 2.10. The van der Waals surface area contributed by atoms with Crippen molar-refractivity contribution in [3.05, 3.63) is 23.6 Å². The summed E-state index contributed by atoms with van der Waals surface area (Å²) < 4.78 is 4.54. The van der Waals surface area contributed by atoms with Crippen LogP contribution in [0.4, 0.5) is 0 Å². The highest BCUT2D eigenvalue weighted by molar-refractivity contribution is 7.13. The highest BCUT2D eigenvalue weighted by Crippen LogP contribution is 2.19. The molecule has 0 amide bonds. The fraction of sp³-hybridized carbons (Fsp3) is 0.125. The molecule has 0 spiro atoms. The lowest BCUT2D eigenvalue weighted by Gasteiger charge is -1.92. The molecule has 72 valence electrons. The Morgan fingerprint density at radius 1 is 1.57 bits per heavy atom. The Bertz CT molecular complexity index is 435. The van der Waals surface area contributed by atoms with E-state index in [1.165, 1.54) is 24.6 Å². The number of nitrogens with one attached hydrogen (secondary N) is 1. The summed E-state index contributed by atoms with van der Waals surface area (Å²) in [6.07, 6.45) is 3.13. The number of rotatable bonds is 2. The van der Waals surface area contributed by atoms with Gasteiger partial charge >= 0.3 is 5.97 Å². The van der Waals surface area contributed by atoms with Gasteiger partial charge in [-0.3, -0.25) is 4.98 Å². The number of methoxy groups -OCH3 is 1. The molecule has 2 aromatic heterocycles. The number of hydrogen-bond donors (Lipinski definition) is 1. The SMILES string of the molecule is COC(=O)c1cnc(-c2cncs2)[nH]1. The van der Waals surface area contributed by atoms with E-state index in [1.54, 1.807) is 11.7 Å². The van der Waals surface area contributed by atoms with Crippen LogP contribution < -0.4 is 0 Å². The van der Waals surface area contributed by atoms with E-state index in [0.29, 0.717) is 11.5 Å². The lowest BCUT2D eigenvalue weighted by atomic mass is 10.5. The minimum absolute atomic E-state index is 0.343. The quantitative estimate of drug-likeness (QED) is 0.757. The Kier molecular flexibility index (Phi) is 2.28. The molecule has 5 nitrogen and oxygen atoms in total. The zero-order chi connectivity index (χ0) is 9.97. The number of carbonyl (C=O) groups excluding carboxylic acids is 1. The van der Waals surface area contributed by atoms with Crippen molar-refractivity contribution in [2.75, 3.05) is 7.11 Å². The second-order valence-electron chi connectivity index (χ2n) is 2.50. The van der Waals surface area contributed by atoms with Gasteiger partial charge in [-0.05, 0) is 0 Å². The summed E-state index contributed by atoms with van der Waals surface area (Å²) in [5, 5.41) is 0. The van der Waals surface area contributed by atoms with Gasteiger partial charge in [-0.15, -0.1) is 11.3 Å². The van der Waals surface area contributed by atoms with E-state index in [-0.39, 0.29) is 0 Å². The van der Waals surface area contributed by atoms with Crippen LogP contribution in [-0.4, -0.2) is 28.0 Å². The predicted octanol–water partition coefficient (Wildman–Crippen LogP) is 1.32. The Balaban J connectivity index is 2.31. The van der Waals surface area contributed by atoms with Gasteiger partial charge in [-0.1, -0.05) is 0 Å². The molecule has 2 aromatic rings. The third-order valence-electron chi connectivity index (χ3n) is 1.65. The summed E-state index contributed by atoms with van der Waals surface area (Å²) in [4.78, 5) is 22.8. The number of aromatic amines is 1. The van der Waals surface area contributed by atoms with E-state index in [1.807, 2.05) is 0 Å². The molecular weight excluding hydrogens is 202 g/mol. The van der Waals surface area contributed by atoms with Gasteiger partial charge < -0.3 is 9.72 Å². The molecule has 0 aliphatic rings. The Morgan fingerprint density at radius 3 is 3.07 bits per heavy atom. The van der Waals surface area contributed by atoms with Crippen LogP contribution in [-0.2, 0) is 4.74 Å². The standard InChI is InChI=1S/C8H7N3O2S/c1-13-8(12)5-2-10-7(11-5)6-3-9-4-14-6/h2-4H,1H3,(H,10,11). The van der Waals surface area contributed by atoms with Crippen molar-refractivity contribution < 1.29 is 9.53 Å². The summed E-state index contributed by atoms with van der Waals surface area (Å²) in [5.74, 6) is 0.209. The molecule has 0 unspecified atom stereocenters. The molecule has 0 radical (unpaired) electrons. The topological polar surface area (TPSA) is 67.9 Å². The molecule has 0 saturated heterocycles. The van der Waals surface area contributed by atoms with Crippen molar-refractivity contribution in [1.29, 1.82) is 0 Å². The first-order chi connectivity index (χ1) is 6.81. The number of carbonyl (C=O) groups is 1. The molecule has 0 fully saturated rings. The number of ether oxygens (including phenoxy) is 1. The molecule has 6 heteroatoms. The second-order valence-corrected chi connectivity index (χ2v) is 3.39. The maximum absolute atomic E-state index is 11.1. The maximum Gasteiger partial charge on any atom is 0.356 e. The first-order valence-electron chi connectivity index (χ1n) is 3.83. The number of nitrogens with zero attached hydrogens (tertiary/aromatic N) is 2. The van der Waals surface area contributed by atoms with Crippen molar-refractivity contribution in [3.63, 3.8) is 0 Å². The Labute approximate surface area is 83.8 Å². The zero-order valence-electron chi connectivity index (χ0n) is 7.35. The molecule has 0 bridgehead atoms. The minimum atomic E-state index is -0.423. The average Bonchev–Trinajstić information content (AvgIpc) is 2.86. The van der Waals surface area contributed by atoms with Crippen molar-refractivity contribution in [2.24, 2.45) is 0 Å². The molecule has 0 aromatic carbocycles. The van der Waals surface area contributed by atoms with Crippen LogP contribution in [0.2, 0.25) is 0 Å². The molecule has 0 aliphatic carbocycles. The van der Waals surface area contributed by atoms with E-state index in [9.17, 15) is 4.79 Å². The van der Waals surface area contributed by atoms with E-state index in [2.05, 4.69) is 19.7 Å². The molecule has 1 N–H and O–H groups in total. The van der Waals surface area contributed by atoms with Crippen LogP contribution in [0.3, 0.4) is 0 Å². The van der Waals surface area contributed by atoms with Crippen LogP contribution in [0, 0.1) is 0 Å². The molecule has 2 heterocycles. The van der Waals surface area contributed by atoms with E-state index >= 15 is 0 Å². The fourth-order valence-corrected chi connectivity index (χ4v) is 1.57. The van der Waals surface area contributed by atoms with Gasteiger partial charge in [0.15, 0.2) is 0 Å². The van der Waals surface area contributed by atoms with Crippen LogP contribution in [0.25, 0.3) is 10.7 Å². The van der Waals surface area contributed by atoms with Gasteiger partial charge in [0.25, 0.3) is 0 Å². The van der Waals surface area contributed by atoms with Gasteiger partial charge in [0.1, 0.15) is 11.5 Å². The molecule has 0 atom stereocenters. The largest absolute Gasteiger partial charge is 0.464 e. The Morgan fingerprint density at radius 2 is 2.43 bits per heavy atom. The lowest BCUT2D eigenvalue weighted by Crippen LogP contribution is -2.00. The van der Waals surface area contributed by atoms with Crippen LogP contribution in [0.1, 0.15) is 10.5 Å². The van der Waals surface area contributed by atoms with Gasteiger partial charge in [0.2, 0.25) is 0 Å². The monoisotopic (exact) mass is 209 g/mol. The molecular formula is C8H7N3O2S. The predicted molar refractivity (Wildman–Crippen MR) is 51.0 cm³/mol. The molecule has 14 heavy (non-hydrogen) atoms. The van der Waals surface area contributed by atoms with Crippen LogP contribution in [0.5, 0.6) is 0 Å². The third-order valence-corrected chi connectivity index (χ3v) is 2.43. The number of hydrogen-bond acceptors (Lipinski definition) is 5. The zero-order valence-corrected chi connectivity index (χ0v) is 8.17. The van der Waals surface area contributed by atoms with Gasteiger partial charge in [0, 0.05) is 6.20 Å². The smallest absolute Gasteiger partial charge is 0.356 e. The Hall–Kier alpha value is -1.69. The summed E-state index contributed by atoms with van der Waals surface area (Å²) in [7, 11) is 1.33. The minimum Gasteiger partial charge on any atom is -0.464 e. The second kappa shape index (κ2) is 3.59. The number of H-pyrrole nitrogens is 1. The van der Waals surface area contributed by atoms with Crippen molar-refractivity contribution in [3.8, 4) is 10.7 Å². The molecule has 0 aliphatic heterocycles. The number of thiazole rings is 1. The lowest BCUT2D eigenvalue weighted by molar-refractivity contribution is 0.0595. The van der Waals surface area contributed by atoms with E-state index in [0.717, 1.165) is 4.88 Å². The van der Waals surface area contributed by atoms with Crippen LogP contribution >= 0.6 is 11.3 Å². The first-order valence-corrected chi connectivity index (χ1v) is 4.71. The summed E-state index contributed by atoms with van der Waals surface area (Å²) in [6.45, 7) is 0. The highest BCUT2D eigenvalue weighted by atomic mass is 32.1. The summed E-state index contributed by atoms with van der Waals surface area (Å²) in [5.41, 5.74) is 2.05. The van der Waals surface area contributed by atoms with Crippen molar-refractivity contribution >= 4 is 17.3 Å². The van der Waals surface area contributed by atoms with Gasteiger partial charge in [0.05, 0.1) is 23.7 Å². The molecule has 0 saturated carbocycles. The third kappa shape index (κ3) is 1.51. The van der Waals surface area contributed by atoms with Crippen LogP contribution in [0.15, 0.2) is 17.9 Å². The maximum atomic E-state index is 11.1. The molecule has 2 rings (SSSR count). The van der Waals surface area contributed by atoms with Crippen molar-refractivity contribution in [2.45, 2.75) is 0 Å². The van der Waals surface area contributed by atoms with E-state index in [4.69, 9.17) is 0 Å².